The molecule has 1 spiro atoms. The number of aryl methyl sites for hydroxylation is 1. The first-order valence-electron chi connectivity index (χ1n) is 10.4. The fraction of sp³-hybridized carbons (Fsp3) is 0.154. The van der Waals surface area contributed by atoms with Crippen LogP contribution in [0.2, 0.25) is 0 Å². The van der Waals surface area contributed by atoms with E-state index in [0.29, 0.717) is 28.1 Å². The maximum absolute atomic E-state index is 13.9. The molecule has 2 aliphatic rings. The van der Waals surface area contributed by atoms with Gasteiger partial charge in [0.2, 0.25) is 0 Å². The summed E-state index contributed by atoms with van der Waals surface area (Å²) in [7, 11) is 0. The normalized spacial score (nSPS) is 20.4. The fourth-order valence-electron chi connectivity index (χ4n) is 4.36. The van der Waals surface area contributed by atoms with Gasteiger partial charge < -0.3 is 14.9 Å². The summed E-state index contributed by atoms with van der Waals surface area (Å²) in [6.45, 7) is 1.76. The zero-order valence-corrected chi connectivity index (χ0v) is 17.7. The number of carbonyl (C=O) groups excluding carboxylic acids is 2. The van der Waals surface area contributed by atoms with Crippen LogP contribution in [0.4, 0.5) is 5.69 Å². The molecule has 7 nitrogen and oxygen atoms in total. The molecule has 0 aliphatic carbocycles. The van der Waals surface area contributed by atoms with Gasteiger partial charge in [0.25, 0.3) is 11.5 Å². The quantitative estimate of drug-likeness (QED) is 0.609. The van der Waals surface area contributed by atoms with Crippen LogP contribution >= 0.6 is 0 Å². The Kier molecular flexibility index (Phi) is 4.91. The highest BCUT2D eigenvalue weighted by atomic mass is 16.7. The van der Waals surface area contributed by atoms with Crippen LogP contribution in [0.25, 0.3) is 0 Å². The number of ketones is 1. The van der Waals surface area contributed by atoms with E-state index in [1.165, 1.54) is 0 Å². The molecular weight excluding hydrogens is 418 g/mol. The number of oxime groups is 1. The maximum atomic E-state index is 13.9. The Morgan fingerprint density at radius 1 is 1.12 bits per heavy atom. The standard InChI is InChI=1S/C26H19N3O4/c1-16-10-12-17(13-11-16)24(30)22-23(18-6-2-5-9-21(18)32-15-14-27)29-33-26(22)19-7-3-4-8-20(19)28-25(26)31/h2-13,22H,15H2,1H3,(H,28,31)/t22-,26-/m0/s1. The Morgan fingerprint density at radius 3 is 2.64 bits per heavy atom. The van der Waals surface area contributed by atoms with E-state index < -0.39 is 17.4 Å². The van der Waals surface area contributed by atoms with E-state index in [-0.39, 0.29) is 18.1 Å². The van der Waals surface area contributed by atoms with Gasteiger partial charge >= 0.3 is 0 Å². The Morgan fingerprint density at radius 2 is 1.85 bits per heavy atom. The summed E-state index contributed by atoms with van der Waals surface area (Å²) >= 11 is 0. The number of nitrogens with zero attached hydrogens (tertiary/aromatic N) is 2. The molecule has 3 aromatic rings. The lowest BCUT2D eigenvalue weighted by Crippen LogP contribution is -2.46. The molecule has 0 saturated carbocycles. The summed E-state index contributed by atoms with van der Waals surface area (Å²) in [6.07, 6.45) is 0. The van der Waals surface area contributed by atoms with Crippen LogP contribution in [-0.2, 0) is 15.2 Å². The SMILES string of the molecule is Cc1ccc(C(=O)[C@@H]2C(c3ccccc3OCC#N)=NO[C@]23C(=O)Nc2ccccc23)cc1. The van der Waals surface area contributed by atoms with Crippen molar-refractivity contribution in [1.82, 2.24) is 0 Å². The average Bonchev–Trinajstić information content (AvgIpc) is 3.37. The molecule has 0 radical (unpaired) electrons. The summed E-state index contributed by atoms with van der Waals surface area (Å²) in [5.74, 6) is -1.43. The predicted octanol–water partition coefficient (Wildman–Crippen LogP) is 3.98. The summed E-state index contributed by atoms with van der Waals surface area (Å²) < 4.78 is 5.59. The van der Waals surface area contributed by atoms with Crippen LogP contribution in [0.15, 0.2) is 78.0 Å². The lowest BCUT2D eigenvalue weighted by molar-refractivity contribution is -0.140. The number of anilines is 1. The summed E-state index contributed by atoms with van der Waals surface area (Å²) in [5, 5.41) is 16.1. The van der Waals surface area contributed by atoms with Crippen LogP contribution in [-0.4, -0.2) is 24.0 Å². The Labute approximate surface area is 190 Å². The minimum atomic E-state index is -1.64. The molecule has 5 rings (SSSR count). The number of benzene rings is 3. The first-order valence-corrected chi connectivity index (χ1v) is 10.4. The van der Waals surface area contributed by atoms with Gasteiger partial charge in [0.05, 0.1) is 0 Å². The van der Waals surface area contributed by atoms with E-state index in [1.807, 2.05) is 25.1 Å². The molecule has 7 heteroatoms. The number of nitrogens with one attached hydrogen (secondary N) is 1. The molecule has 1 amide bonds. The van der Waals surface area contributed by atoms with Crippen molar-refractivity contribution in [1.29, 1.82) is 5.26 Å². The van der Waals surface area contributed by atoms with Crippen LogP contribution in [0.5, 0.6) is 5.75 Å². The number of nitriles is 1. The van der Waals surface area contributed by atoms with E-state index in [4.69, 9.17) is 14.8 Å². The van der Waals surface area contributed by atoms with Crippen molar-refractivity contribution in [2.45, 2.75) is 12.5 Å². The van der Waals surface area contributed by atoms with E-state index in [9.17, 15) is 9.59 Å². The van der Waals surface area contributed by atoms with Crippen LogP contribution in [0.3, 0.4) is 0 Å². The number of hydrogen-bond acceptors (Lipinski definition) is 6. The minimum absolute atomic E-state index is 0.170. The zero-order chi connectivity index (χ0) is 23.0. The monoisotopic (exact) mass is 437 g/mol. The summed E-state index contributed by atoms with van der Waals surface area (Å²) in [5.41, 5.74) is 1.71. The Balaban J connectivity index is 1.69. The topological polar surface area (TPSA) is 101 Å². The minimum Gasteiger partial charge on any atom is -0.478 e. The molecular formula is C26H19N3O4. The number of amides is 1. The number of para-hydroxylation sites is 2. The number of fused-ring (bicyclic) bond motifs is 2. The smallest absolute Gasteiger partial charge is 0.277 e. The zero-order valence-electron chi connectivity index (χ0n) is 17.7. The number of carbonyl (C=O) groups is 2. The molecule has 33 heavy (non-hydrogen) atoms. The Bertz CT molecular complexity index is 1340. The van der Waals surface area contributed by atoms with E-state index in [1.54, 1.807) is 60.7 Å². The molecule has 0 fully saturated rings. The van der Waals surface area contributed by atoms with Crippen molar-refractivity contribution in [2.24, 2.45) is 11.1 Å². The first kappa shape index (κ1) is 20.5. The first-order chi connectivity index (χ1) is 16.1. The second-order valence-corrected chi connectivity index (χ2v) is 7.91. The highest BCUT2D eigenvalue weighted by Crippen LogP contribution is 2.50. The van der Waals surface area contributed by atoms with Gasteiger partial charge in [-0.2, -0.15) is 5.26 Å². The molecule has 0 saturated heterocycles. The lowest BCUT2D eigenvalue weighted by Gasteiger charge is -2.27. The molecule has 162 valence electrons. The van der Waals surface area contributed by atoms with Gasteiger partial charge in [-0.05, 0) is 25.1 Å². The lowest BCUT2D eigenvalue weighted by atomic mass is 9.74. The predicted molar refractivity (Wildman–Crippen MR) is 121 cm³/mol. The van der Waals surface area contributed by atoms with Crippen LogP contribution in [0.1, 0.15) is 27.0 Å². The molecule has 0 bridgehead atoms. The molecule has 3 aromatic carbocycles. The number of Topliss-reactive ketones (excluding diaryl/α,β-unsaturated/α-hetero) is 1. The van der Waals surface area contributed by atoms with Gasteiger partial charge in [-0.1, -0.05) is 65.3 Å². The van der Waals surface area contributed by atoms with Crippen LogP contribution < -0.4 is 10.1 Å². The van der Waals surface area contributed by atoms with Crippen molar-refractivity contribution in [2.75, 3.05) is 11.9 Å². The van der Waals surface area contributed by atoms with Gasteiger partial charge in [0.15, 0.2) is 12.4 Å². The third kappa shape index (κ3) is 3.15. The van der Waals surface area contributed by atoms with Crippen molar-refractivity contribution in [3.63, 3.8) is 0 Å². The van der Waals surface area contributed by atoms with Gasteiger partial charge in [0, 0.05) is 22.4 Å². The molecule has 0 aromatic heterocycles. The summed E-state index contributed by atoms with van der Waals surface area (Å²) in [4.78, 5) is 33.2. The molecule has 1 N–H and O–H groups in total. The van der Waals surface area contributed by atoms with Crippen molar-refractivity contribution >= 4 is 23.1 Å². The summed E-state index contributed by atoms with van der Waals surface area (Å²) in [6, 6.07) is 23.2. The maximum Gasteiger partial charge on any atom is 0.277 e. The molecule has 0 unspecified atom stereocenters. The van der Waals surface area contributed by atoms with E-state index >= 15 is 0 Å². The Hall–Kier alpha value is -4.44. The molecule has 2 aliphatic heterocycles. The highest BCUT2D eigenvalue weighted by molar-refractivity contribution is 6.25. The number of hydrogen-bond donors (Lipinski definition) is 1. The highest BCUT2D eigenvalue weighted by Gasteiger charge is 2.63. The largest absolute Gasteiger partial charge is 0.478 e. The van der Waals surface area contributed by atoms with E-state index in [0.717, 1.165) is 5.56 Å². The van der Waals surface area contributed by atoms with Crippen molar-refractivity contribution in [3.8, 4) is 11.8 Å². The fourth-order valence-corrected chi connectivity index (χ4v) is 4.36. The average molecular weight is 437 g/mol. The van der Waals surface area contributed by atoms with Crippen molar-refractivity contribution < 1.29 is 19.2 Å². The second-order valence-electron chi connectivity index (χ2n) is 7.91. The molecule has 2 heterocycles. The second kappa shape index (κ2) is 7.92. The van der Waals surface area contributed by atoms with Crippen molar-refractivity contribution in [3.05, 3.63) is 95.1 Å². The van der Waals surface area contributed by atoms with Gasteiger partial charge in [-0.3, -0.25) is 9.59 Å². The third-order valence-electron chi connectivity index (χ3n) is 5.93. The van der Waals surface area contributed by atoms with E-state index in [2.05, 4.69) is 10.5 Å². The number of rotatable bonds is 5. The van der Waals surface area contributed by atoms with Gasteiger partial charge in [0.1, 0.15) is 23.4 Å². The third-order valence-corrected chi connectivity index (χ3v) is 5.93. The van der Waals surface area contributed by atoms with Gasteiger partial charge in [-0.15, -0.1) is 0 Å². The number of ether oxygens (including phenoxy) is 1. The molecule has 2 atom stereocenters. The van der Waals surface area contributed by atoms with Gasteiger partial charge in [-0.25, -0.2) is 0 Å². The van der Waals surface area contributed by atoms with Crippen LogP contribution in [0, 0.1) is 24.2 Å².